The molecule has 1 amide bonds. The van der Waals surface area contributed by atoms with Gasteiger partial charge in [-0.2, -0.15) is 4.31 Å². The van der Waals surface area contributed by atoms with Crippen LogP contribution in [0.5, 0.6) is 0 Å². The van der Waals surface area contributed by atoms with Gasteiger partial charge >= 0.3 is 0 Å². The van der Waals surface area contributed by atoms with Gasteiger partial charge in [0.1, 0.15) is 5.82 Å². The van der Waals surface area contributed by atoms with Gasteiger partial charge in [0.2, 0.25) is 10.0 Å². The molecule has 0 aromatic heterocycles. The van der Waals surface area contributed by atoms with Crippen LogP contribution in [0, 0.1) is 5.82 Å². The second kappa shape index (κ2) is 6.95. The molecule has 0 spiro atoms. The number of aliphatic hydroxyl groups is 1. The van der Waals surface area contributed by atoms with Crippen LogP contribution in [-0.2, 0) is 27.7 Å². The van der Waals surface area contributed by atoms with Crippen molar-refractivity contribution in [3.63, 3.8) is 0 Å². The lowest BCUT2D eigenvalue weighted by molar-refractivity contribution is -0.151. The highest BCUT2D eigenvalue weighted by molar-refractivity contribution is 7.89. The van der Waals surface area contributed by atoms with Crippen molar-refractivity contribution in [2.24, 2.45) is 0 Å². The molecule has 2 aliphatic rings. The summed E-state index contributed by atoms with van der Waals surface area (Å²) in [6, 6.07) is 12.3. The zero-order chi connectivity index (χ0) is 19.9. The lowest BCUT2D eigenvalue weighted by Gasteiger charge is -2.37. The number of carbonyl (C=O) groups excluding carboxylic acids is 1. The lowest BCUT2D eigenvalue weighted by atomic mass is 9.98. The first kappa shape index (κ1) is 19.0. The van der Waals surface area contributed by atoms with E-state index < -0.39 is 21.4 Å². The number of fused-ring (bicyclic) bond motifs is 1. The van der Waals surface area contributed by atoms with Gasteiger partial charge in [-0.15, -0.1) is 0 Å². The summed E-state index contributed by atoms with van der Waals surface area (Å²) in [4.78, 5) is 14.5. The number of hydrogen-bond acceptors (Lipinski definition) is 4. The molecule has 0 bridgehead atoms. The van der Waals surface area contributed by atoms with Crippen molar-refractivity contribution in [3.8, 4) is 0 Å². The van der Waals surface area contributed by atoms with Crippen LogP contribution in [0.25, 0.3) is 0 Å². The summed E-state index contributed by atoms with van der Waals surface area (Å²) < 4.78 is 39.7. The fraction of sp³-hybridized carbons (Fsp3) is 0.350. The summed E-state index contributed by atoms with van der Waals surface area (Å²) in [7, 11) is -3.74. The van der Waals surface area contributed by atoms with E-state index in [2.05, 4.69) is 0 Å². The molecule has 2 aromatic carbocycles. The molecule has 1 N–H and O–H groups in total. The molecule has 2 aromatic rings. The molecule has 1 saturated heterocycles. The zero-order valence-corrected chi connectivity index (χ0v) is 16.0. The Labute approximate surface area is 163 Å². The summed E-state index contributed by atoms with van der Waals surface area (Å²) in [5.74, 6) is -0.859. The van der Waals surface area contributed by atoms with Gasteiger partial charge in [-0.25, -0.2) is 12.8 Å². The van der Waals surface area contributed by atoms with Crippen LogP contribution in [-0.4, -0.2) is 60.4 Å². The third kappa shape index (κ3) is 3.32. The Morgan fingerprint density at radius 3 is 2.00 bits per heavy atom. The van der Waals surface area contributed by atoms with Crippen LogP contribution in [0.1, 0.15) is 11.1 Å². The molecule has 1 aliphatic carbocycles. The molecule has 28 heavy (non-hydrogen) atoms. The number of hydrogen-bond donors (Lipinski definition) is 1. The molecule has 0 unspecified atom stereocenters. The molecule has 1 heterocycles. The van der Waals surface area contributed by atoms with Crippen molar-refractivity contribution in [2.75, 3.05) is 26.2 Å². The van der Waals surface area contributed by atoms with Gasteiger partial charge in [-0.05, 0) is 35.4 Å². The molecule has 0 atom stereocenters. The summed E-state index contributed by atoms with van der Waals surface area (Å²) in [6.45, 7) is 0.679. The summed E-state index contributed by atoms with van der Waals surface area (Å²) in [6.07, 6.45) is 0.548. The van der Waals surface area contributed by atoms with E-state index in [0.29, 0.717) is 0 Å². The molecule has 148 valence electrons. The molecular weight excluding hydrogens is 383 g/mol. The van der Waals surface area contributed by atoms with Crippen LogP contribution < -0.4 is 0 Å². The first-order valence-corrected chi connectivity index (χ1v) is 10.6. The van der Waals surface area contributed by atoms with Gasteiger partial charge in [0.05, 0.1) is 4.90 Å². The molecule has 8 heteroatoms. The number of amides is 1. The van der Waals surface area contributed by atoms with Gasteiger partial charge < -0.3 is 10.0 Å². The van der Waals surface area contributed by atoms with Gasteiger partial charge in [0, 0.05) is 39.0 Å². The van der Waals surface area contributed by atoms with Gasteiger partial charge in [-0.3, -0.25) is 4.79 Å². The Hall–Kier alpha value is -2.29. The molecule has 1 aliphatic heterocycles. The SMILES string of the molecule is O=C(N1CCN(S(=O)(=O)c2ccc(F)cc2)CC1)C1(O)Cc2ccccc2C1. The second-order valence-electron chi connectivity index (χ2n) is 7.30. The highest BCUT2D eigenvalue weighted by Gasteiger charge is 2.45. The maximum atomic E-state index is 13.1. The zero-order valence-electron chi connectivity index (χ0n) is 15.2. The summed E-state index contributed by atoms with van der Waals surface area (Å²) >= 11 is 0. The van der Waals surface area contributed by atoms with E-state index >= 15 is 0 Å². The number of rotatable bonds is 3. The van der Waals surface area contributed by atoms with Crippen LogP contribution in [0.2, 0.25) is 0 Å². The van der Waals surface area contributed by atoms with Crippen molar-refractivity contribution in [2.45, 2.75) is 23.3 Å². The summed E-state index contributed by atoms with van der Waals surface area (Å²) in [5.41, 5.74) is 0.466. The topological polar surface area (TPSA) is 77.9 Å². The first-order valence-electron chi connectivity index (χ1n) is 9.14. The van der Waals surface area contributed by atoms with Crippen LogP contribution >= 0.6 is 0 Å². The van der Waals surface area contributed by atoms with Gasteiger partial charge in [0.15, 0.2) is 5.60 Å². The van der Waals surface area contributed by atoms with E-state index in [9.17, 15) is 22.7 Å². The Kier molecular flexibility index (Phi) is 4.73. The van der Waals surface area contributed by atoms with E-state index in [4.69, 9.17) is 0 Å². The Morgan fingerprint density at radius 1 is 0.929 bits per heavy atom. The van der Waals surface area contributed by atoms with E-state index in [1.165, 1.54) is 21.3 Å². The predicted molar refractivity (Wildman–Crippen MR) is 101 cm³/mol. The average molecular weight is 404 g/mol. The Morgan fingerprint density at radius 2 is 1.46 bits per heavy atom. The maximum Gasteiger partial charge on any atom is 0.255 e. The van der Waals surface area contributed by atoms with Crippen LogP contribution in [0.4, 0.5) is 4.39 Å². The predicted octanol–water partition coefficient (Wildman–Crippen LogP) is 1.19. The van der Waals surface area contributed by atoms with Gasteiger partial charge in [-0.1, -0.05) is 24.3 Å². The smallest absolute Gasteiger partial charge is 0.255 e. The molecule has 6 nitrogen and oxygen atoms in total. The minimum Gasteiger partial charge on any atom is -0.379 e. The van der Waals surface area contributed by atoms with E-state index in [-0.39, 0.29) is 49.8 Å². The van der Waals surface area contributed by atoms with Gasteiger partial charge in [0.25, 0.3) is 5.91 Å². The molecule has 1 fully saturated rings. The monoisotopic (exact) mass is 404 g/mol. The largest absolute Gasteiger partial charge is 0.379 e. The first-order chi connectivity index (χ1) is 13.3. The second-order valence-corrected chi connectivity index (χ2v) is 9.24. The highest BCUT2D eigenvalue weighted by atomic mass is 32.2. The third-order valence-corrected chi connectivity index (χ3v) is 7.37. The highest BCUT2D eigenvalue weighted by Crippen LogP contribution is 2.32. The third-order valence-electron chi connectivity index (χ3n) is 5.46. The fourth-order valence-electron chi connectivity index (χ4n) is 3.93. The molecule has 0 saturated carbocycles. The Bertz CT molecular complexity index is 974. The normalized spacial score (nSPS) is 19.4. The molecule has 4 rings (SSSR count). The quantitative estimate of drug-likeness (QED) is 0.834. The van der Waals surface area contributed by atoms with Crippen LogP contribution in [0.15, 0.2) is 53.4 Å². The lowest BCUT2D eigenvalue weighted by Crippen LogP contribution is -2.57. The molecular formula is C20H21FN2O4S. The summed E-state index contributed by atoms with van der Waals surface area (Å²) in [5, 5.41) is 10.9. The van der Waals surface area contributed by atoms with E-state index in [1.807, 2.05) is 24.3 Å². The number of benzene rings is 2. The van der Waals surface area contributed by atoms with E-state index in [1.54, 1.807) is 0 Å². The van der Waals surface area contributed by atoms with Crippen molar-refractivity contribution in [1.29, 1.82) is 0 Å². The fourth-order valence-corrected chi connectivity index (χ4v) is 5.35. The van der Waals surface area contributed by atoms with E-state index in [0.717, 1.165) is 23.3 Å². The number of sulfonamides is 1. The average Bonchev–Trinajstić information content (AvgIpc) is 3.05. The number of halogens is 1. The minimum atomic E-state index is -3.74. The standard InChI is InChI=1S/C20H21FN2O4S/c21-17-5-7-18(8-6-17)28(26,27)23-11-9-22(10-12-23)19(24)20(25)13-15-3-1-2-4-16(15)14-20/h1-8,25H,9-14H2. The Balaban J connectivity index is 1.43. The number of nitrogens with zero attached hydrogens (tertiary/aromatic N) is 2. The van der Waals surface area contributed by atoms with Crippen molar-refractivity contribution < 1.29 is 22.7 Å². The number of piperazine rings is 1. The van der Waals surface area contributed by atoms with Crippen molar-refractivity contribution in [1.82, 2.24) is 9.21 Å². The minimum absolute atomic E-state index is 0.0264. The van der Waals surface area contributed by atoms with Crippen molar-refractivity contribution >= 4 is 15.9 Å². The molecule has 0 radical (unpaired) electrons. The number of carbonyl (C=O) groups is 1. The van der Waals surface area contributed by atoms with Crippen LogP contribution in [0.3, 0.4) is 0 Å². The maximum absolute atomic E-state index is 13.1. The van der Waals surface area contributed by atoms with Crippen molar-refractivity contribution in [3.05, 3.63) is 65.5 Å².